The van der Waals surface area contributed by atoms with E-state index in [1.807, 2.05) is 0 Å². The zero-order valence-corrected chi connectivity index (χ0v) is 10.7. The van der Waals surface area contributed by atoms with Gasteiger partial charge in [0.15, 0.2) is 0 Å². The molecule has 17 heavy (non-hydrogen) atoms. The van der Waals surface area contributed by atoms with E-state index in [-0.39, 0.29) is 18.6 Å². The molecule has 0 amide bonds. The van der Waals surface area contributed by atoms with E-state index in [1.54, 1.807) is 13.8 Å². The maximum absolute atomic E-state index is 7.57. The molecule has 1 spiro atoms. The van der Waals surface area contributed by atoms with Gasteiger partial charge in [0.1, 0.15) is 13.6 Å². The Bertz CT molecular complexity index is 131. The standard InChI is InChI=1S/C7H12O4.2C2H6O/c1-7(2-9-5-8-1)3-10-6-11-4-7;2*1-2-3/h1-6H2;2*3H,2H2,1H3. The van der Waals surface area contributed by atoms with E-state index in [1.165, 1.54) is 0 Å². The summed E-state index contributed by atoms with van der Waals surface area (Å²) >= 11 is 0. The summed E-state index contributed by atoms with van der Waals surface area (Å²) in [6.45, 7) is 7.42. The lowest BCUT2D eigenvalue weighted by Gasteiger charge is -2.38. The molecule has 2 rings (SSSR count). The van der Waals surface area contributed by atoms with Crippen LogP contribution in [0.5, 0.6) is 0 Å². The molecule has 0 radical (unpaired) electrons. The second-order valence-corrected chi connectivity index (χ2v) is 3.76. The zero-order valence-electron chi connectivity index (χ0n) is 10.7. The Balaban J connectivity index is 0.000000366. The van der Waals surface area contributed by atoms with E-state index in [0.29, 0.717) is 40.0 Å². The molecule has 0 unspecified atom stereocenters. The molecule has 2 aliphatic heterocycles. The molecule has 0 aromatic heterocycles. The van der Waals surface area contributed by atoms with Crippen LogP contribution in [0.25, 0.3) is 0 Å². The highest BCUT2D eigenvalue weighted by Gasteiger charge is 2.36. The van der Waals surface area contributed by atoms with Crippen LogP contribution in [0.15, 0.2) is 0 Å². The van der Waals surface area contributed by atoms with Gasteiger partial charge in [0.2, 0.25) is 0 Å². The first-order valence-corrected chi connectivity index (χ1v) is 5.77. The molecule has 0 aromatic rings. The second kappa shape index (κ2) is 10.9. The first-order valence-electron chi connectivity index (χ1n) is 5.77. The summed E-state index contributed by atoms with van der Waals surface area (Å²) in [6, 6.07) is 0. The first-order chi connectivity index (χ1) is 8.24. The van der Waals surface area contributed by atoms with Gasteiger partial charge in [0.05, 0.1) is 31.8 Å². The summed E-state index contributed by atoms with van der Waals surface area (Å²) < 4.78 is 20.7. The van der Waals surface area contributed by atoms with Gasteiger partial charge in [-0.25, -0.2) is 0 Å². The molecule has 0 atom stereocenters. The van der Waals surface area contributed by atoms with E-state index < -0.39 is 0 Å². The molecule has 2 heterocycles. The molecule has 6 heteroatoms. The molecule has 6 nitrogen and oxygen atoms in total. The smallest absolute Gasteiger partial charge is 0.146 e. The Kier molecular flexibility index (Phi) is 10.7. The molecule has 2 fully saturated rings. The van der Waals surface area contributed by atoms with Crippen LogP contribution in [0.1, 0.15) is 13.8 Å². The molecule has 2 aliphatic rings. The van der Waals surface area contributed by atoms with Crippen LogP contribution < -0.4 is 0 Å². The zero-order chi connectivity index (χ0) is 13.0. The molecule has 104 valence electrons. The van der Waals surface area contributed by atoms with Gasteiger partial charge in [0, 0.05) is 13.2 Å². The average Bonchev–Trinajstić information content (AvgIpc) is 2.33. The van der Waals surface area contributed by atoms with Crippen LogP contribution >= 0.6 is 0 Å². The number of rotatable bonds is 0. The van der Waals surface area contributed by atoms with Crippen LogP contribution in [0.4, 0.5) is 0 Å². The Hall–Kier alpha value is -0.240. The molecule has 2 N–H and O–H groups in total. The lowest BCUT2D eigenvalue weighted by molar-refractivity contribution is -0.245. The highest BCUT2D eigenvalue weighted by Crippen LogP contribution is 2.25. The second-order valence-electron chi connectivity index (χ2n) is 3.76. The van der Waals surface area contributed by atoms with Gasteiger partial charge in [-0.15, -0.1) is 0 Å². The Morgan fingerprint density at radius 2 is 1.00 bits per heavy atom. The fourth-order valence-electron chi connectivity index (χ4n) is 1.40. The van der Waals surface area contributed by atoms with E-state index in [4.69, 9.17) is 29.2 Å². The first kappa shape index (κ1) is 16.8. The Morgan fingerprint density at radius 1 is 0.765 bits per heavy atom. The van der Waals surface area contributed by atoms with Crippen molar-refractivity contribution in [3.8, 4) is 0 Å². The predicted octanol–water partition coefficient (Wildman–Crippen LogP) is -0.0214. The molecule has 2 saturated heterocycles. The summed E-state index contributed by atoms with van der Waals surface area (Å²) in [5.74, 6) is 0. The molecule has 0 bridgehead atoms. The lowest BCUT2D eigenvalue weighted by atomic mass is 9.91. The van der Waals surface area contributed by atoms with Crippen molar-refractivity contribution in [2.45, 2.75) is 13.8 Å². The maximum atomic E-state index is 7.57. The van der Waals surface area contributed by atoms with Gasteiger partial charge in [-0.3, -0.25) is 0 Å². The SMILES string of the molecule is C1OCC2(CO1)COCOC2.CCO.CCO. The van der Waals surface area contributed by atoms with Crippen molar-refractivity contribution in [2.24, 2.45) is 5.41 Å². The van der Waals surface area contributed by atoms with Crippen LogP contribution in [0.3, 0.4) is 0 Å². The predicted molar refractivity (Wildman–Crippen MR) is 61.5 cm³/mol. The van der Waals surface area contributed by atoms with Gasteiger partial charge in [-0.05, 0) is 13.8 Å². The highest BCUT2D eigenvalue weighted by atomic mass is 16.7. The van der Waals surface area contributed by atoms with Crippen molar-refractivity contribution in [2.75, 3.05) is 53.2 Å². The topological polar surface area (TPSA) is 77.4 Å². The average molecular weight is 252 g/mol. The van der Waals surface area contributed by atoms with Crippen molar-refractivity contribution in [1.29, 1.82) is 0 Å². The van der Waals surface area contributed by atoms with Crippen molar-refractivity contribution in [3.63, 3.8) is 0 Å². The van der Waals surface area contributed by atoms with Crippen molar-refractivity contribution in [1.82, 2.24) is 0 Å². The summed E-state index contributed by atoms with van der Waals surface area (Å²) in [5, 5.41) is 15.1. The molecular weight excluding hydrogens is 228 g/mol. The van der Waals surface area contributed by atoms with E-state index in [2.05, 4.69) is 0 Å². The number of aliphatic hydroxyl groups is 2. The largest absolute Gasteiger partial charge is 0.397 e. The monoisotopic (exact) mass is 252 g/mol. The van der Waals surface area contributed by atoms with Gasteiger partial charge in [-0.1, -0.05) is 0 Å². The van der Waals surface area contributed by atoms with Crippen LogP contribution in [0, 0.1) is 5.41 Å². The summed E-state index contributed by atoms with van der Waals surface area (Å²) in [6.07, 6.45) is 0. The summed E-state index contributed by atoms with van der Waals surface area (Å²) in [7, 11) is 0. The minimum absolute atomic E-state index is 0.0312. The molecular formula is C11H24O6. The van der Waals surface area contributed by atoms with Crippen molar-refractivity contribution in [3.05, 3.63) is 0 Å². The van der Waals surface area contributed by atoms with Crippen molar-refractivity contribution >= 4 is 0 Å². The molecule has 0 aromatic carbocycles. The minimum Gasteiger partial charge on any atom is -0.397 e. The number of hydrogen-bond acceptors (Lipinski definition) is 6. The van der Waals surface area contributed by atoms with Gasteiger partial charge < -0.3 is 29.2 Å². The molecule has 0 saturated carbocycles. The maximum Gasteiger partial charge on any atom is 0.146 e. The third-order valence-electron chi connectivity index (χ3n) is 1.97. The number of ether oxygens (including phenoxy) is 4. The summed E-state index contributed by atoms with van der Waals surface area (Å²) in [5.41, 5.74) is -0.0312. The van der Waals surface area contributed by atoms with Crippen molar-refractivity contribution < 1.29 is 29.2 Å². The van der Waals surface area contributed by atoms with E-state index >= 15 is 0 Å². The fourth-order valence-corrected chi connectivity index (χ4v) is 1.40. The third-order valence-corrected chi connectivity index (χ3v) is 1.97. The lowest BCUT2D eigenvalue weighted by Crippen LogP contribution is -2.47. The fraction of sp³-hybridized carbons (Fsp3) is 1.00. The Morgan fingerprint density at radius 3 is 1.24 bits per heavy atom. The molecule has 0 aliphatic carbocycles. The number of aliphatic hydroxyl groups excluding tert-OH is 2. The third kappa shape index (κ3) is 7.64. The quantitative estimate of drug-likeness (QED) is 0.631. The van der Waals surface area contributed by atoms with Crippen LogP contribution in [0.2, 0.25) is 0 Å². The van der Waals surface area contributed by atoms with E-state index in [0.717, 1.165) is 0 Å². The van der Waals surface area contributed by atoms with Gasteiger partial charge >= 0.3 is 0 Å². The normalized spacial score (nSPS) is 21.9. The Labute approximate surface area is 102 Å². The van der Waals surface area contributed by atoms with Crippen LogP contribution in [-0.4, -0.2) is 63.4 Å². The number of hydrogen-bond donors (Lipinski definition) is 2. The van der Waals surface area contributed by atoms with Gasteiger partial charge in [-0.2, -0.15) is 0 Å². The van der Waals surface area contributed by atoms with Crippen LogP contribution in [-0.2, 0) is 18.9 Å². The summed E-state index contributed by atoms with van der Waals surface area (Å²) in [4.78, 5) is 0. The minimum atomic E-state index is -0.0312. The van der Waals surface area contributed by atoms with E-state index in [9.17, 15) is 0 Å². The van der Waals surface area contributed by atoms with Gasteiger partial charge in [0.25, 0.3) is 0 Å². The highest BCUT2D eigenvalue weighted by molar-refractivity contribution is 4.81.